The summed E-state index contributed by atoms with van der Waals surface area (Å²) in [6.07, 6.45) is 5.79. The van der Waals surface area contributed by atoms with Gasteiger partial charge in [0.1, 0.15) is 0 Å². The van der Waals surface area contributed by atoms with Gasteiger partial charge in [-0.05, 0) is 33.1 Å². The predicted molar refractivity (Wildman–Crippen MR) is 60.6 cm³/mol. The van der Waals surface area contributed by atoms with Gasteiger partial charge in [-0.25, -0.2) is 0 Å². The highest BCUT2D eigenvalue weighted by molar-refractivity contribution is 5.92. The number of nitrogens with one attached hydrogen (secondary N) is 1. The van der Waals surface area contributed by atoms with E-state index < -0.39 is 0 Å². The minimum absolute atomic E-state index is 0.251. The summed E-state index contributed by atoms with van der Waals surface area (Å²) in [6.45, 7) is 5.87. The first-order valence-electron chi connectivity index (χ1n) is 5.77. The first-order valence-corrected chi connectivity index (χ1v) is 5.77. The summed E-state index contributed by atoms with van der Waals surface area (Å²) in [6, 6.07) is 0. The van der Waals surface area contributed by atoms with Gasteiger partial charge in [0.15, 0.2) is 5.78 Å². The number of hydrogen-bond donors (Lipinski definition) is 1. The molecule has 1 N–H and O–H groups in total. The number of allylic oxidation sites excluding steroid dienone is 2. The highest BCUT2D eigenvalue weighted by Gasteiger charge is 2.10. The Morgan fingerprint density at radius 2 is 2.20 bits per heavy atom. The molecule has 0 spiro atoms. The van der Waals surface area contributed by atoms with Crippen LogP contribution in [0.2, 0.25) is 0 Å². The summed E-state index contributed by atoms with van der Waals surface area (Å²) in [5.74, 6) is 0.251. The third kappa shape index (κ3) is 5.57. The molecule has 0 unspecified atom stereocenters. The molecule has 0 amide bonds. The quantitative estimate of drug-likeness (QED) is 0.655. The standard InChI is InChI=1S/C12H21NO2/c1-10(2)15-8-4-3-7-13-11-5-6-12(14)9-11/h9-10,13H,3-8H2,1-2H3. The highest BCUT2D eigenvalue weighted by atomic mass is 16.5. The highest BCUT2D eigenvalue weighted by Crippen LogP contribution is 2.11. The van der Waals surface area contributed by atoms with Crippen molar-refractivity contribution in [2.24, 2.45) is 0 Å². The molecule has 0 aliphatic heterocycles. The minimum atomic E-state index is 0.251. The van der Waals surface area contributed by atoms with E-state index in [9.17, 15) is 4.79 Å². The lowest BCUT2D eigenvalue weighted by Crippen LogP contribution is -2.14. The van der Waals surface area contributed by atoms with E-state index in [1.54, 1.807) is 6.08 Å². The van der Waals surface area contributed by atoms with Crippen molar-refractivity contribution in [2.75, 3.05) is 13.2 Å². The van der Waals surface area contributed by atoms with Crippen molar-refractivity contribution in [2.45, 2.75) is 45.6 Å². The fraction of sp³-hybridized carbons (Fsp3) is 0.750. The average molecular weight is 211 g/mol. The Balaban J connectivity index is 1.93. The molecule has 0 fully saturated rings. The molecule has 15 heavy (non-hydrogen) atoms. The van der Waals surface area contributed by atoms with Crippen molar-refractivity contribution in [1.29, 1.82) is 0 Å². The van der Waals surface area contributed by atoms with E-state index in [4.69, 9.17) is 4.74 Å². The van der Waals surface area contributed by atoms with Gasteiger partial charge in [0.25, 0.3) is 0 Å². The molecule has 0 radical (unpaired) electrons. The van der Waals surface area contributed by atoms with Crippen LogP contribution in [0.25, 0.3) is 0 Å². The van der Waals surface area contributed by atoms with Crippen molar-refractivity contribution in [1.82, 2.24) is 5.32 Å². The number of carbonyl (C=O) groups excluding carboxylic acids is 1. The molecule has 86 valence electrons. The molecule has 1 rings (SSSR count). The van der Waals surface area contributed by atoms with Gasteiger partial charge in [0.05, 0.1) is 6.10 Å². The zero-order valence-corrected chi connectivity index (χ0v) is 9.71. The molecule has 0 aromatic rings. The Kier molecular flexibility index (Phi) is 5.40. The maximum atomic E-state index is 10.9. The molecule has 0 bridgehead atoms. The maximum Gasteiger partial charge on any atom is 0.157 e. The Morgan fingerprint density at radius 1 is 1.40 bits per heavy atom. The number of ketones is 1. The smallest absolute Gasteiger partial charge is 0.157 e. The molecular weight excluding hydrogens is 190 g/mol. The minimum Gasteiger partial charge on any atom is -0.388 e. The van der Waals surface area contributed by atoms with Crippen LogP contribution in [0, 0.1) is 0 Å². The van der Waals surface area contributed by atoms with E-state index in [0.717, 1.165) is 38.1 Å². The van der Waals surface area contributed by atoms with Crippen molar-refractivity contribution in [3.05, 3.63) is 11.8 Å². The fourth-order valence-electron chi connectivity index (χ4n) is 1.53. The van der Waals surface area contributed by atoms with E-state index in [2.05, 4.69) is 5.32 Å². The van der Waals surface area contributed by atoms with Gasteiger partial charge in [-0.2, -0.15) is 0 Å². The van der Waals surface area contributed by atoms with Crippen LogP contribution in [0.1, 0.15) is 39.5 Å². The van der Waals surface area contributed by atoms with Crippen LogP contribution in [0.4, 0.5) is 0 Å². The Morgan fingerprint density at radius 3 is 2.80 bits per heavy atom. The van der Waals surface area contributed by atoms with Crippen molar-refractivity contribution >= 4 is 5.78 Å². The Hall–Kier alpha value is -0.830. The van der Waals surface area contributed by atoms with Crippen LogP contribution in [0.3, 0.4) is 0 Å². The first-order chi connectivity index (χ1) is 7.18. The van der Waals surface area contributed by atoms with Gasteiger partial charge in [0.2, 0.25) is 0 Å². The lowest BCUT2D eigenvalue weighted by Gasteiger charge is -2.08. The van der Waals surface area contributed by atoms with Crippen LogP contribution in [-0.2, 0) is 9.53 Å². The second kappa shape index (κ2) is 6.62. The van der Waals surface area contributed by atoms with Crippen LogP contribution >= 0.6 is 0 Å². The lowest BCUT2D eigenvalue weighted by atomic mass is 10.3. The molecule has 0 atom stereocenters. The summed E-state index contributed by atoms with van der Waals surface area (Å²) < 4.78 is 5.43. The predicted octanol–water partition coefficient (Wildman–Crippen LogP) is 2.03. The zero-order valence-electron chi connectivity index (χ0n) is 9.71. The van der Waals surface area contributed by atoms with E-state index >= 15 is 0 Å². The van der Waals surface area contributed by atoms with Crippen molar-refractivity contribution in [3.63, 3.8) is 0 Å². The zero-order chi connectivity index (χ0) is 11.1. The Labute approximate surface area is 91.9 Å². The monoisotopic (exact) mass is 211 g/mol. The van der Waals surface area contributed by atoms with Gasteiger partial charge in [-0.1, -0.05) is 0 Å². The summed E-state index contributed by atoms with van der Waals surface area (Å²) >= 11 is 0. The largest absolute Gasteiger partial charge is 0.388 e. The molecule has 0 saturated heterocycles. The van der Waals surface area contributed by atoms with Crippen molar-refractivity contribution in [3.8, 4) is 0 Å². The molecule has 0 heterocycles. The van der Waals surface area contributed by atoms with Crippen LogP contribution in [-0.4, -0.2) is 25.0 Å². The summed E-state index contributed by atoms with van der Waals surface area (Å²) in [7, 11) is 0. The van der Waals surface area contributed by atoms with Crippen LogP contribution in [0.5, 0.6) is 0 Å². The van der Waals surface area contributed by atoms with Gasteiger partial charge in [0, 0.05) is 31.3 Å². The molecule has 1 aliphatic carbocycles. The summed E-state index contributed by atoms with van der Waals surface area (Å²) in [5, 5.41) is 3.28. The van der Waals surface area contributed by atoms with Crippen LogP contribution in [0.15, 0.2) is 11.8 Å². The number of ether oxygens (including phenoxy) is 1. The fourth-order valence-corrected chi connectivity index (χ4v) is 1.53. The van der Waals surface area contributed by atoms with Gasteiger partial charge < -0.3 is 10.1 Å². The number of rotatable bonds is 7. The van der Waals surface area contributed by atoms with E-state index in [1.807, 2.05) is 13.8 Å². The molecule has 0 aromatic heterocycles. The summed E-state index contributed by atoms with van der Waals surface area (Å²) in [5.41, 5.74) is 1.10. The molecule has 3 nitrogen and oxygen atoms in total. The molecule has 3 heteroatoms. The number of unbranched alkanes of at least 4 members (excludes halogenated alkanes) is 1. The number of hydrogen-bond acceptors (Lipinski definition) is 3. The van der Waals surface area contributed by atoms with E-state index in [-0.39, 0.29) is 5.78 Å². The third-order valence-corrected chi connectivity index (χ3v) is 2.35. The lowest BCUT2D eigenvalue weighted by molar-refractivity contribution is -0.114. The SMILES string of the molecule is CC(C)OCCCCNC1=CC(=O)CC1. The normalized spacial score (nSPS) is 15.9. The van der Waals surface area contributed by atoms with E-state index in [0.29, 0.717) is 12.5 Å². The molecule has 0 aromatic carbocycles. The van der Waals surface area contributed by atoms with E-state index in [1.165, 1.54) is 0 Å². The maximum absolute atomic E-state index is 10.9. The first kappa shape index (κ1) is 12.2. The van der Waals surface area contributed by atoms with Crippen molar-refractivity contribution < 1.29 is 9.53 Å². The van der Waals surface area contributed by atoms with Gasteiger partial charge in [-0.15, -0.1) is 0 Å². The van der Waals surface area contributed by atoms with Gasteiger partial charge >= 0.3 is 0 Å². The topological polar surface area (TPSA) is 38.3 Å². The Bertz CT molecular complexity index is 234. The van der Waals surface area contributed by atoms with Crippen LogP contribution < -0.4 is 5.32 Å². The number of carbonyl (C=O) groups is 1. The second-order valence-electron chi connectivity index (χ2n) is 4.19. The molecular formula is C12H21NO2. The summed E-state index contributed by atoms with van der Waals surface area (Å²) in [4.78, 5) is 10.9. The molecule has 1 aliphatic rings. The third-order valence-electron chi connectivity index (χ3n) is 2.35. The second-order valence-corrected chi connectivity index (χ2v) is 4.19. The average Bonchev–Trinajstić information content (AvgIpc) is 2.57. The molecule has 0 saturated carbocycles. The van der Waals surface area contributed by atoms with Gasteiger partial charge in [-0.3, -0.25) is 4.79 Å².